The van der Waals surface area contributed by atoms with E-state index in [1.165, 1.54) is 12.1 Å². The highest BCUT2D eigenvalue weighted by Gasteiger charge is 2.32. The number of aryl methyl sites for hydroxylation is 1. The highest BCUT2D eigenvalue weighted by atomic mass is 16.6. The Labute approximate surface area is 170 Å². The van der Waals surface area contributed by atoms with Gasteiger partial charge in [-0.25, -0.2) is 0 Å². The van der Waals surface area contributed by atoms with Gasteiger partial charge in [0.15, 0.2) is 5.78 Å². The van der Waals surface area contributed by atoms with E-state index in [4.69, 9.17) is 5.11 Å². The number of hydrogen-bond acceptors (Lipinski definition) is 5. The first-order valence-electron chi connectivity index (χ1n) is 10.0. The van der Waals surface area contributed by atoms with E-state index >= 15 is 0 Å². The van der Waals surface area contributed by atoms with Crippen molar-refractivity contribution in [3.05, 3.63) is 51.6 Å². The van der Waals surface area contributed by atoms with Crippen LogP contribution < -0.4 is 0 Å². The standard InChI is InChI=1S/C22H27NO6/c1-15-8-9-17(14-19(15)23(28)29)20(24)12-10-16-11-13-21(25)18(16)6-4-2-3-5-7-22(26)27/h8-10,12,14,16,18H,2-7,11,13H2,1H3,(H,26,27). The summed E-state index contributed by atoms with van der Waals surface area (Å²) in [5.41, 5.74) is 0.680. The Balaban J connectivity index is 1.91. The Morgan fingerprint density at radius 1 is 1.24 bits per heavy atom. The van der Waals surface area contributed by atoms with Crippen LogP contribution in [0.25, 0.3) is 0 Å². The molecule has 0 saturated heterocycles. The Morgan fingerprint density at radius 2 is 1.97 bits per heavy atom. The van der Waals surface area contributed by atoms with Crippen LogP contribution in [0.4, 0.5) is 5.69 Å². The minimum Gasteiger partial charge on any atom is -0.481 e. The van der Waals surface area contributed by atoms with Gasteiger partial charge in [0.1, 0.15) is 5.78 Å². The van der Waals surface area contributed by atoms with Gasteiger partial charge in [-0.1, -0.05) is 37.5 Å². The maximum Gasteiger partial charge on any atom is 0.303 e. The maximum absolute atomic E-state index is 12.4. The highest BCUT2D eigenvalue weighted by molar-refractivity contribution is 6.05. The van der Waals surface area contributed by atoms with Crippen molar-refractivity contribution in [1.29, 1.82) is 0 Å². The first-order valence-corrected chi connectivity index (χ1v) is 10.0. The molecule has 0 bridgehead atoms. The molecule has 0 amide bonds. The van der Waals surface area contributed by atoms with Crippen LogP contribution in [0, 0.1) is 28.9 Å². The van der Waals surface area contributed by atoms with Crippen molar-refractivity contribution >= 4 is 23.2 Å². The zero-order valence-corrected chi connectivity index (χ0v) is 16.6. The molecule has 156 valence electrons. The number of carboxylic acids is 1. The molecule has 1 saturated carbocycles. The summed E-state index contributed by atoms with van der Waals surface area (Å²) in [6, 6.07) is 4.42. The highest BCUT2D eigenvalue weighted by Crippen LogP contribution is 2.34. The zero-order chi connectivity index (χ0) is 21.4. The summed E-state index contributed by atoms with van der Waals surface area (Å²) in [4.78, 5) is 45.7. The first-order chi connectivity index (χ1) is 13.8. The summed E-state index contributed by atoms with van der Waals surface area (Å²) in [6.07, 6.45) is 8.55. The quantitative estimate of drug-likeness (QED) is 0.190. The maximum atomic E-state index is 12.4. The average Bonchev–Trinajstić information content (AvgIpc) is 3.02. The number of carbonyl (C=O) groups excluding carboxylic acids is 2. The third kappa shape index (κ3) is 6.62. The van der Waals surface area contributed by atoms with Crippen molar-refractivity contribution in [2.24, 2.45) is 11.8 Å². The van der Waals surface area contributed by atoms with Gasteiger partial charge >= 0.3 is 5.97 Å². The molecular formula is C22H27NO6. The van der Waals surface area contributed by atoms with Gasteiger partial charge in [0.05, 0.1) is 4.92 Å². The second kappa shape index (κ2) is 10.6. The second-order valence-corrected chi connectivity index (χ2v) is 7.60. The fourth-order valence-corrected chi connectivity index (χ4v) is 3.80. The molecule has 1 fully saturated rings. The van der Waals surface area contributed by atoms with Crippen molar-refractivity contribution in [2.75, 3.05) is 0 Å². The molecule has 2 atom stereocenters. The predicted octanol–water partition coefficient (Wildman–Crippen LogP) is 4.66. The molecule has 2 rings (SSSR count). The van der Waals surface area contributed by atoms with Crippen LogP contribution in [-0.4, -0.2) is 27.6 Å². The van der Waals surface area contributed by atoms with Crippen molar-refractivity contribution in [3.63, 3.8) is 0 Å². The third-order valence-electron chi connectivity index (χ3n) is 5.50. The number of ketones is 2. The molecule has 0 aliphatic heterocycles. The van der Waals surface area contributed by atoms with E-state index in [1.807, 2.05) is 0 Å². The van der Waals surface area contributed by atoms with Crippen LogP contribution in [0.1, 0.15) is 67.3 Å². The van der Waals surface area contributed by atoms with E-state index in [0.29, 0.717) is 24.8 Å². The number of benzene rings is 1. The predicted molar refractivity (Wildman–Crippen MR) is 108 cm³/mol. The SMILES string of the molecule is Cc1ccc(C(=O)C=CC2CCC(=O)C2CCCCCCC(=O)O)cc1[N+](=O)[O-]. The van der Waals surface area contributed by atoms with Gasteiger partial charge in [-0.15, -0.1) is 0 Å². The third-order valence-corrected chi connectivity index (χ3v) is 5.50. The molecule has 1 aromatic carbocycles. The van der Waals surface area contributed by atoms with Gasteiger partial charge in [0.2, 0.25) is 0 Å². The molecule has 0 aromatic heterocycles. The van der Waals surface area contributed by atoms with Crippen LogP contribution in [0.15, 0.2) is 30.4 Å². The number of nitrogens with zero attached hydrogens (tertiary/aromatic N) is 1. The molecule has 1 aliphatic rings. The molecular weight excluding hydrogens is 374 g/mol. The van der Waals surface area contributed by atoms with Crippen LogP contribution >= 0.6 is 0 Å². The molecule has 0 radical (unpaired) electrons. The number of hydrogen-bond donors (Lipinski definition) is 1. The van der Waals surface area contributed by atoms with Crippen molar-refractivity contribution < 1.29 is 24.4 Å². The number of allylic oxidation sites excluding steroid dienone is 2. The van der Waals surface area contributed by atoms with E-state index in [-0.39, 0.29) is 41.1 Å². The molecule has 29 heavy (non-hydrogen) atoms. The largest absolute Gasteiger partial charge is 0.481 e. The Hall–Kier alpha value is -2.83. The molecule has 7 heteroatoms. The van der Waals surface area contributed by atoms with Crippen molar-refractivity contribution in [1.82, 2.24) is 0 Å². The molecule has 1 N–H and O–H groups in total. The second-order valence-electron chi connectivity index (χ2n) is 7.60. The number of aliphatic carboxylic acids is 1. The van der Waals surface area contributed by atoms with E-state index in [2.05, 4.69) is 0 Å². The topological polar surface area (TPSA) is 115 Å². The smallest absolute Gasteiger partial charge is 0.303 e. The number of carboxylic acid groups (broad SMARTS) is 1. The van der Waals surface area contributed by atoms with Crippen LogP contribution in [0.3, 0.4) is 0 Å². The van der Waals surface area contributed by atoms with E-state index < -0.39 is 10.9 Å². The molecule has 7 nitrogen and oxygen atoms in total. The van der Waals surface area contributed by atoms with Crippen LogP contribution in [0.5, 0.6) is 0 Å². The molecule has 2 unspecified atom stereocenters. The summed E-state index contributed by atoms with van der Waals surface area (Å²) in [6.45, 7) is 1.62. The molecule has 0 spiro atoms. The Kier molecular flexibility index (Phi) is 8.24. The number of carbonyl (C=O) groups is 3. The fraction of sp³-hybridized carbons (Fsp3) is 0.500. The van der Waals surface area contributed by atoms with Gasteiger partial charge in [-0.3, -0.25) is 24.5 Å². The lowest BCUT2D eigenvalue weighted by Gasteiger charge is -2.14. The van der Waals surface area contributed by atoms with E-state index in [9.17, 15) is 24.5 Å². The van der Waals surface area contributed by atoms with Crippen LogP contribution in [0.2, 0.25) is 0 Å². The summed E-state index contributed by atoms with van der Waals surface area (Å²) < 4.78 is 0. The monoisotopic (exact) mass is 401 g/mol. The first kappa shape index (κ1) is 22.5. The van der Waals surface area contributed by atoms with E-state index in [0.717, 1.165) is 25.7 Å². The summed E-state index contributed by atoms with van der Waals surface area (Å²) in [5.74, 6) is -0.981. The molecule has 1 aromatic rings. The summed E-state index contributed by atoms with van der Waals surface area (Å²) in [7, 11) is 0. The zero-order valence-electron chi connectivity index (χ0n) is 16.6. The molecule has 1 aliphatic carbocycles. The van der Waals surface area contributed by atoms with Crippen molar-refractivity contribution in [2.45, 2.75) is 58.3 Å². The molecule has 0 heterocycles. The lowest BCUT2D eigenvalue weighted by molar-refractivity contribution is -0.385. The van der Waals surface area contributed by atoms with Crippen LogP contribution in [-0.2, 0) is 9.59 Å². The lowest BCUT2D eigenvalue weighted by Crippen LogP contribution is -2.13. The van der Waals surface area contributed by atoms with Gasteiger partial charge in [-0.05, 0) is 38.2 Å². The Bertz CT molecular complexity index is 814. The summed E-state index contributed by atoms with van der Waals surface area (Å²) >= 11 is 0. The minimum absolute atomic E-state index is 0.00547. The number of nitro groups is 1. The van der Waals surface area contributed by atoms with Crippen molar-refractivity contribution in [3.8, 4) is 0 Å². The number of Topliss-reactive ketones (excluding diaryl/α,β-unsaturated/α-hetero) is 1. The number of nitro benzene ring substituents is 1. The summed E-state index contributed by atoms with van der Waals surface area (Å²) in [5, 5.41) is 19.7. The van der Waals surface area contributed by atoms with Gasteiger partial charge in [0, 0.05) is 36.0 Å². The average molecular weight is 401 g/mol. The Morgan fingerprint density at radius 3 is 2.66 bits per heavy atom. The minimum atomic E-state index is -0.787. The van der Waals surface area contributed by atoms with Gasteiger partial charge in [-0.2, -0.15) is 0 Å². The normalized spacial score (nSPS) is 19.0. The fourth-order valence-electron chi connectivity index (χ4n) is 3.80. The van der Waals surface area contributed by atoms with Gasteiger partial charge in [0.25, 0.3) is 5.69 Å². The van der Waals surface area contributed by atoms with E-state index in [1.54, 1.807) is 25.1 Å². The van der Waals surface area contributed by atoms with Gasteiger partial charge < -0.3 is 5.11 Å². The number of rotatable bonds is 11. The lowest BCUT2D eigenvalue weighted by atomic mass is 9.89. The number of unbranched alkanes of at least 4 members (excludes halogenated alkanes) is 3.